The van der Waals surface area contributed by atoms with Gasteiger partial charge < -0.3 is 20.1 Å². The molecule has 132 valence electrons. The van der Waals surface area contributed by atoms with Crippen LogP contribution in [0.2, 0.25) is 0 Å². The summed E-state index contributed by atoms with van der Waals surface area (Å²) in [6.07, 6.45) is 0.819. The molecule has 2 aromatic rings. The molecule has 25 heavy (non-hydrogen) atoms. The summed E-state index contributed by atoms with van der Waals surface area (Å²) in [4.78, 5) is 24.0. The van der Waals surface area contributed by atoms with E-state index in [4.69, 9.17) is 9.47 Å². The number of carbonyl (C=O) groups is 2. The number of hydrogen-bond donors (Lipinski definition) is 2. The summed E-state index contributed by atoms with van der Waals surface area (Å²) in [6, 6.07) is 12.4. The van der Waals surface area contributed by atoms with E-state index >= 15 is 0 Å². The van der Waals surface area contributed by atoms with Crippen LogP contribution in [0, 0.1) is 0 Å². The van der Waals surface area contributed by atoms with Gasteiger partial charge in [-0.1, -0.05) is 25.1 Å². The number of benzene rings is 2. The highest BCUT2D eigenvalue weighted by atomic mass is 16.5. The molecule has 0 heterocycles. The molecule has 0 unspecified atom stereocenters. The minimum absolute atomic E-state index is 0.135. The van der Waals surface area contributed by atoms with Gasteiger partial charge in [-0.2, -0.15) is 0 Å². The highest BCUT2D eigenvalue weighted by molar-refractivity contribution is 5.98. The minimum Gasteiger partial charge on any atom is -0.495 e. The maximum absolute atomic E-state index is 12.2. The Kier molecular flexibility index (Phi) is 6.39. The first-order valence-electron chi connectivity index (χ1n) is 7.99. The first-order valence-corrected chi connectivity index (χ1v) is 7.99. The molecule has 0 saturated carbocycles. The zero-order valence-corrected chi connectivity index (χ0v) is 14.6. The second-order valence-electron chi connectivity index (χ2n) is 5.29. The van der Waals surface area contributed by atoms with Gasteiger partial charge in [0, 0.05) is 12.6 Å². The average molecular weight is 342 g/mol. The van der Waals surface area contributed by atoms with Crippen molar-refractivity contribution in [2.45, 2.75) is 13.3 Å². The number of carbonyl (C=O) groups excluding carboxylic acids is 2. The van der Waals surface area contributed by atoms with Crippen LogP contribution in [0.4, 0.5) is 5.69 Å². The lowest BCUT2D eigenvalue weighted by molar-refractivity contribution is -0.118. The molecule has 0 aliphatic rings. The summed E-state index contributed by atoms with van der Waals surface area (Å²) in [6.45, 7) is 1.89. The second kappa shape index (κ2) is 8.73. The Labute approximate surface area is 147 Å². The van der Waals surface area contributed by atoms with Crippen LogP contribution in [0.25, 0.3) is 0 Å². The normalized spacial score (nSPS) is 10.0. The van der Waals surface area contributed by atoms with E-state index in [9.17, 15) is 9.59 Å². The van der Waals surface area contributed by atoms with Crippen LogP contribution in [-0.4, -0.2) is 32.6 Å². The second-order valence-corrected chi connectivity index (χ2v) is 5.29. The summed E-state index contributed by atoms with van der Waals surface area (Å²) < 4.78 is 10.8. The van der Waals surface area contributed by atoms with Crippen LogP contribution in [0.15, 0.2) is 42.5 Å². The molecule has 2 aromatic carbocycles. The van der Waals surface area contributed by atoms with Crippen molar-refractivity contribution in [1.29, 1.82) is 0 Å². The van der Waals surface area contributed by atoms with Crippen molar-refractivity contribution in [2.24, 2.45) is 0 Å². The third-order valence-corrected chi connectivity index (χ3v) is 3.68. The zero-order valence-electron chi connectivity index (χ0n) is 14.6. The van der Waals surface area contributed by atoms with E-state index in [1.54, 1.807) is 25.2 Å². The van der Waals surface area contributed by atoms with Gasteiger partial charge in [0.25, 0.3) is 11.8 Å². The van der Waals surface area contributed by atoms with Gasteiger partial charge in [0.15, 0.2) is 6.61 Å². The lowest BCUT2D eigenvalue weighted by atomic mass is 10.1. The molecule has 0 aliphatic heterocycles. The number of ether oxygens (including phenoxy) is 2. The highest BCUT2D eigenvalue weighted by Crippen LogP contribution is 2.25. The molecule has 0 aliphatic carbocycles. The SMILES string of the molecule is CCc1ccccc1OCC(=O)Nc1cc(C(=O)NC)ccc1OC. The van der Waals surface area contributed by atoms with Gasteiger partial charge in [-0.25, -0.2) is 0 Å². The van der Waals surface area contributed by atoms with Gasteiger partial charge in [-0.05, 0) is 36.2 Å². The van der Waals surface area contributed by atoms with Crippen molar-refractivity contribution in [3.63, 3.8) is 0 Å². The van der Waals surface area contributed by atoms with E-state index in [0.717, 1.165) is 12.0 Å². The lowest BCUT2D eigenvalue weighted by Gasteiger charge is -2.13. The molecule has 0 saturated heterocycles. The van der Waals surface area contributed by atoms with E-state index in [2.05, 4.69) is 10.6 Å². The zero-order chi connectivity index (χ0) is 18.2. The third-order valence-electron chi connectivity index (χ3n) is 3.68. The van der Waals surface area contributed by atoms with Crippen LogP contribution >= 0.6 is 0 Å². The molecule has 0 atom stereocenters. The maximum Gasteiger partial charge on any atom is 0.262 e. The van der Waals surface area contributed by atoms with Gasteiger partial charge in [0.2, 0.25) is 0 Å². The Morgan fingerprint density at radius 1 is 1.08 bits per heavy atom. The van der Waals surface area contributed by atoms with Crippen LogP contribution in [0.1, 0.15) is 22.8 Å². The van der Waals surface area contributed by atoms with E-state index in [0.29, 0.717) is 22.7 Å². The quantitative estimate of drug-likeness (QED) is 0.811. The molecule has 6 nitrogen and oxygen atoms in total. The summed E-state index contributed by atoms with van der Waals surface area (Å²) in [5, 5.41) is 5.26. The predicted molar refractivity (Wildman–Crippen MR) is 96.3 cm³/mol. The molecule has 0 bridgehead atoms. The number of methoxy groups -OCH3 is 1. The van der Waals surface area contributed by atoms with Crippen molar-refractivity contribution in [3.05, 3.63) is 53.6 Å². The number of anilines is 1. The first-order chi connectivity index (χ1) is 12.1. The van der Waals surface area contributed by atoms with Crippen molar-refractivity contribution >= 4 is 17.5 Å². The van der Waals surface area contributed by atoms with Gasteiger partial charge in [-0.15, -0.1) is 0 Å². The number of aryl methyl sites for hydroxylation is 1. The fourth-order valence-electron chi connectivity index (χ4n) is 2.36. The predicted octanol–water partition coefficient (Wildman–Crippen LogP) is 2.63. The molecule has 2 rings (SSSR count). The number of rotatable bonds is 7. The Balaban J connectivity index is 2.08. The van der Waals surface area contributed by atoms with Gasteiger partial charge in [-0.3, -0.25) is 9.59 Å². The van der Waals surface area contributed by atoms with Crippen LogP contribution < -0.4 is 20.1 Å². The standard InChI is InChI=1S/C19H22N2O4/c1-4-13-7-5-6-8-16(13)25-12-18(22)21-15-11-14(19(23)20-2)9-10-17(15)24-3/h5-11H,4,12H2,1-3H3,(H,20,23)(H,21,22). The highest BCUT2D eigenvalue weighted by Gasteiger charge is 2.12. The largest absolute Gasteiger partial charge is 0.495 e. The Morgan fingerprint density at radius 2 is 1.84 bits per heavy atom. The third kappa shape index (κ3) is 4.73. The molecular weight excluding hydrogens is 320 g/mol. The number of amides is 2. The fraction of sp³-hybridized carbons (Fsp3) is 0.263. The number of nitrogens with one attached hydrogen (secondary N) is 2. The van der Waals surface area contributed by atoms with Gasteiger partial charge in [0.05, 0.1) is 12.8 Å². The lowest BCUT2D eigenvalue weighted by Crippen LogP contribution is -2.22. The average Bonchev–Trinajstić information content (AvgIpc) is 2.65. The number of hydrogen-bond acceptors (Lipinski definition) is 4. The molecule has 2 amide bonds. The molecule has 0 aromatic heterocycles. The maximum atomic E-state index is 12.2. The van der Waals surface area contributed by atoms with E-state index in [1.807, 2.05) is 31.2 Å². The summed E-state index contributed by atoms with van der Waals surface area (Å²) in [5.41, 5.74) is 1.88. The first kappa shape index (κ1) is 18.3. The molecular formula is C19H22N2O4. The van der Waals surface area contributed by atoms with Crippen molar-refractivity contribution in [3.8, 4) is 11.5 Å². The van der Waals surface area contributed by atoms with Crippen molar-refractivity contribution < 1.29 is 19.1 Å². The van der Waals surface area contributed by atoms with E-state index in [-0.39, 0.29) is 18.4 Å². The van der Waals surface area contributed by atoms with Gasteiger partial charge >= 0.3 is 0 Å². The molecule has 0 radical (unpaired) electrons. The molecule has 6 heteroatoms. The monoisotopic (exact) mass is 342 g/mol. The molecule has 2 N–H and O–H groups in total. The summed E-state index contributed by atoms with van der Waals surface area (Å²) in [5.74, 6) is 0.575. The Bertz CT molecular complexity index is 759. The van der Waals surface area contributed by atoms with Gasteiger partial charge in [0.1, 0.15) is 11.5 Å². The van der Waals surface area contributed by atoms with Crippen molar-refractivity contribution in [1.82, 2.24) is 5.32 Å². The van der Waals surface area contributed by atoms with Crippen LogP contribution in [0.3, 0.4) is 0 Å². The van der Waals surface area contributed by atoms with Crippen LogP contribution in [0.5, 0.6) is 11.5 Å². The minimum atomic E-state index is -0.335. The summed E-state index contributed by atoms with van der Waals surface area (Å²) >= 11 is 0. The smallest absolute Gasteiger partial charge is 0.262 e. The summed E-state index contributed by atoms with van der Waals surface area (Å²) in [7, 11) is 3.04. The van der Waals surface area contributed by atoms with E-state index in [1.165, 1.54) is 7.11 Å². The Morgan fingerprint density at radius 3 is 2.52 bits per heavy atom. The molecule has 0 fully saturated rings. The van der Waals surface area contributed by atoms with E-state index < -0.39 is 0 Å². The van der Waals surface area contributed by atoms with Crippen LogP contribution in [-0.2, 0) is 11.2 Å². The Hall–Kier alpha value is -3.02. The fourth-order valence-corrected chi connectivity index (χ4v) is 2.36. The van der Waals surface area contributed by atoms with Crippen molar-refractivity contribution in [2.75, 3.05) is 26.1 Å². The topological polar surface area (TPSA) is 76.7 Å². The molecule has 0 spiro atoms. The number of para-hydroxylation sites is 1.